The zero-order valence-corrected chi connectivity index (χ0v) is 6.18. The van der Waals surface area contributed by atoms with Crippen LogP contribution in [0.15, 0.2) is 0 Å². The Morgan fingerprint density at radius 3 is 2.11 bits per heavy atom. The van der Waals surface area contributed by atoms with E-state index in [-0.39, 0.29) is 5.92 Å². The van der Waals surface area contributed by atoms with Crippen molar-refractivity contribution >= 4 is 0 Å². The fourth-order valence-corrected chi connectivity index (χ4v) is 0.616. The lowest BCUT2D eigenvalue weighted by Crippen LogP contribution is -2.31. The molecule has 0 aliphatic heterocycles. The van der Waals surface area contributed by atoms with Crippen LogP contribution >= 0.6 is 0 Å². The first-order valence-electron chi connectivity index (χ1n) is 3.20. The molecule has 0 saturated heterocycles. The van der Waals surface area contributed by atoms with Crippen molar-refractivity contribution in [2.45, 2.75) is 32.8 Å². The highest BCUT2D eigenvalue weighted by Gasteiger charge is 2.27. The van der Waals surface area contributed by atoms with E-state index in [1.165, 1.54) is 0 Å². The van der Waals surface area contributed by atoms with Crippen molar-refractivity contribution < 1.29 is 5.11 Å². The van der Waals surface area contributed by atoms with E-state index in [0.29, 0.717) is 6.42 Å². The third-order valence-corrected chi connectivity index (χ3v) is 1.69. The van der Waals surface area contributed by atoms with Crippen LogP contribution in [0.25, 0.3) is 0 Å². The molecule has 0 heterocycles. The molecule has 0 rings (SSSR count). The van der Waals surface area contributed by atoms with E-state index in [1.807, 2.05) is 26.8 Å². The van der Waals surface area contributed by atoms with Crippen molar-refractivity contribution in [2.75, 3.05) is 0 Å². The van der Waals surface area contributed by atoms with E-state index in [0.717, 1.165) is 0 Å². The van der Waals surface area contributed by atoms with Gasteiger partial charge in [-0.2, -0.15) is 5.26 Å². The van der Waals surface area contributed by atoms with Gasteiger partial charge < -0.3 is 5.11 Å². The van der Waals surface area contributed by atoms with Gasteiger partial charge in [0.2, 0.25) is 0 Å². The van der Waals surface area contributed by atoms with Crippen LogP contribution in [0, 0.1) is 17.2 Å². The van der Waals surface area contributed by atoms with Gasteiger partial charge in [-0.05, 0) is 12.3 Å². The summed E-state index contributed by atoms with van der Waals surface area (Å²) in [5.74, 6) is 0.0208. The van der Waals surface area contributed by atoms with E-state index in [1.54, 1.807) is 0 Å². The number of nitrogens with zero attached hydrogens (tertiary/aromatic N) is 1. The van der Waals surface area contributed by atoms with Gasteiger partial charge in [0.05, 0.1) is 6.07 Å². The third kappa shape index (κ3) is 1.69. The van der Waals surface area contributed by atoms with E-state index in [4.69, 9.17) is 5.26 Å². The van der Waals surface area contributed by atoms with E-state index in [2.05, 4.69) is 0 Å². The van der Waals surface area contributed by atoms with Crippen molar-refractivity contribution in [3.63, 3.8) is 0 Å². The lowest BCUT2D eigenvalue weighted by molar-refractivity contribution is 0.0474. The first kappa shape index (κ1) is 8.45. The van der Waals surface area contributed by atoms with Crippen LogP contribution in [-0.4, -0.2) is 10.7 Å². The molecule has 2 heteroatoms. The van der Waals surface area contributed by atoms with E-state index < -0.39 is 5.60 Å². The fraction of sp³-hybridized carbons (Fsp3) is 0.857. The van der Waals surface area contributed by atoms with Crippen molar-refractivity contribution in [3.8, 4) is 6.07 Å². The van der Waals surface area contributed by atoms with E-state index in [9.17, 15) is 5.11 Å². The van der Waals surface area contributed by atoms with Crippen LogP contribution in [0.2, 0.25) is 0 Å². The molecule has 0 fully saturated rings. The van der Waals surface area contributed by atoms with Crippen LogP contribution in [-0.2, 0) is 0 Å². The number of nitriles is 1. The molecule has 9 heavy (non-hydrogen) atoms. The minimum absolute atomic E-state index is 0.0208. The Hall–Kier alpha value is -0.550. The Balaban J connectivity index is 4.14. The number of rotatable bonds is 2. The second kappa shape index (κ2) is 2.84. The van der Waals surface area contributed by atoms with Crippen molar-refractivity contribution in [3.05, 3.63) is 0 Å². The molecule has 0 aromatic heterocycles. The Bertz CT molecular complexity index is 125. The first-order valence-corrected chi connectivity index (χ1v) is 3.20. The Kier molecular flexibility index (Phi) is 2.66. The Morgan fingerprint density at radius 1 is 1.67 bits per heavy atom. The van der Waals surface area contributed by atoms with Gasteiger partial charge in [-0.1, -0.05) is 20.8 Å². The molecule has 52 valence electrons. The average molecular weight is 127 g/mol. The van der Waals surface area contributed by atoms with Crippen LogP contribution < -0.4 is 0 Å². The van der Waals surface area contributed by atoms with Crippen molar-refractivity contribution in [2.24, 2.45) is 5.92 Å². The smallest absolute Gasteiger partial charge is 0.153 e. The van der Waals surface area contributed by atoms with Gasteiger partial charge in [-0.15, -0.1) is 0 Å². The molecule has 1 unspecified atom stereocenters. The molecule has 0 aromatic carbocycles. The molecule has 0 aliphatic carbocycles. The summed E-state index contributed by atoms with van der Waals surface area (Å²) in [6.45, 7) is 5.49. The summed E-state index contributed by atoms with van der Waals surface area (Å²) in [6.07, 6.45) is 0.501. The maximum absolute atomic E-state index is 9.34. The molecule has 0 spiro atoms. The maximum atomic E-state index is 9.34. The van der Waals surface area contributed by atoms with Gasteiger partial charge in [0.25, 0.3) is 0 Å². The zero-order valence-electron chi connectivity index (χ0n) is 6.18. The van der Waals surface area contributed by atoms with Crippen molar-refractivity contribution in [1.82, 2.24) is 0 Å². The minimum Gasteiger partial charge on any atom is -0.375 e. The standard InChI is InChI=1S/C7H13NO/c1-4-7(9,5-8)6(2)3/h6,9H,4H2,1-3H3. The predicted octanol–water partition coefficient (Wildman–Crippen LogP) is 1.31. The van der Waals surface area contributed by atoms with Crippen molar-refractivity contribution in [1.29, 1.82) is 5.26 Å². The SMILES string of the molecule is CCC(O)(C#N)C(C)C. The second-order valence-corrected chi connectivity index (χ2v) is 2.54. The summed E-state index contributed by atoms with van der Waals surface area (Å²) in [6, 6.07) is 1.88. The second-order valence-electron chi connectivity index (χ2n) is 2.54. The Morgan fingerprint density at radius 2 is 2.11 bits per heavy atom. The molecule has 0 bridgehead atoms. The minimum atomic E-state index is -1.11. The summed E-state index contributed by atoms with van der Waals surface area (Å²) < 4.78 is 0. The molecule has 0 saturated carbocycles. The summed E-state index contributed by atoms with van der Waals surface area (Å²) in [4.78, 5) is 0. The zero-order chi connectivity index (χ0) is 7.49. The molecular weight excluding hydrogens is 114 g/mol. The number of hydrogen-bond donors (Lipinski definition) is 1. The maximum Gasteiger partial charge on any atom is 0.153 e. The lowest BCUT2D eigenvalue weighted by atomic mass is 9.90. The molecule has 0 aliphatic rings. The largest absolute Gasteiger partial charge is 0.375 e. The molecule has 2 nitrogen and oxygen atoms in total. The lowest BCUT2D eigenvalue weighted by Gasteiger charge is -2.21. The number of hydrogen-bond acceptors (Lipinski definition) is 2. The molecule has 0 radical (unpaired) electrons. The van der Waals surface area contributed by atoms with Gasteiger partial charge in [0.1, 0.15) is 0 Å². The summed E-state index contributed by atoms with van der Waals surface area (Å²) in [5.41, 5.74) is -1.11. The van der Waals surface area contributed by atoms with Crippen LogP contribution in [0.4, 0.5) is 0 Å². The highest BCUT2D eigenvalue weighted by atomic mass is 16.3. The molecule has 1 atom stereocenters. The highest BCUT2D eigenvalue weighted by molar-refractivity contribution is 5.00. The van der Waals surface area contributed by atoms with Crippen LogP contribution in [0.1, 0.15) is 27.2 Å². The quantitative estimate of drug-likeness (QED) is 0.568. The summed E-state index contributed by atoms with van der Waals surface area (Å²) in [7, 11) is 0. The van der Waals surface area contributed by atoms with Crippen LogP contribution in [0.3, 0.4) is 0 Å². The molecule has 1 N–H and O–H groups in total. The Labute approximate surface area is 56.1 Å². The topological polar surface area (TPSA) is 44.0 Å². The molecule has 0 amide bonds. The van der Waals surface area contributed by atoms with Gasteiger partial charge in [-0.3, -0.25) is 0 Å². The normalized spacial score (nSPS) is 16.9. The van der Waals surface area contributed by atoms with E-state index >= 15 is 0 Å². The van der Waals surface area contributed by atoms with Gasteiger partial charge in [-0.25, -0.2) is 0 Å². The molecule has 0 aromatic rings. The average Bonchev–Trinajstić information content (AvgIpc) is 1.86. The number of aliphatic hydroxyl groups is 1. The first-order chi connectivity index (χ1) is 4.06. The summed E-state index contributed by atoms with van der Waals surface area (Å²) >= 11 is 0. The highest BCUT2D eigenvalue weighted by Crippen LogP contribution is 2.18. The molecular formula is C7H13NO. The predicted molar refractivity (Wildman–Crippen MR) is 35.7 cm³/mol. The van der Waals surface area contributed by atoms with Gasteiger partial charge >= 0.3 is 0 Å². The van der Waals surface area contributed by atoms with Gasteiger partial charge in [0, 0.05) is 0 Å². The van der Waals surface area contributed by atoms with Crippen LogP contribution in [0.5, 0.6) is 0 Å². The fourth-order valence-electron chi connectivity index (χ4n) is 0.616. The third-order valence-electron chi connectivity index (χ3n) is 1.69. The monoisotopic (exact) mass is 127 g/mol. The summed E-state index contributed by atoms with van der Waals surface area (Å²) in [5, 5.41) is 17.8. The van der Waals surface area contributed by atoms with Gasteiger partial charge in [0.15, 0.2) is 5.60 Å².